The zero-order valence-electron chi connectivity index (χ0n) is 16.4. The van der Waals surface area contributed by atoms with Crippen LogP contribution in [0.3, 0.4) is 0 Å². The molecule has 0 unspecified atom stereocenters. The van der Waals surface area contributed by atoms with E-state index in [2.05, 4.69) is 46.2 Å². The van der Waals surface area contributed by atoms with Crippen molar-refractivity contribution in [2.24, 2.45) is 0 Å². The Bertz CT molecular complexity index is 977. The fourth-order valence-electron chi connectivity index (χ4n) is 3.17. The number of hydrogen-bond acceptors (Lipinski definition) is 4. The SMILES string of the molecule is CCN(CC)c1ccc(Nc2nc(C)c(Cc3ccc(Cl)cc3)c(=O)[nH]2)cc1. The Morgan fingerprint density at radius 3 is 2.25 bits per heavy atom. The molecule has 0 aliphatic heterocycles. The highest BCUT2D eigenvalue weighted by Crippen LogP contribution is 2.20. The van der Waals surface area contributed by atoms with Crippen LogP contribution in [0.4, 0.5) is 17.3 Å². The van der Waals surface area contributed by atoms with Crippen LogP contribution in [-0.4, -0.2) is 23.1 Å². The summed E-state index contributed by atoms with van der Waals surface area (Å²) in [5.41, 5.74) is 4.30. The highest BCUT2D eigenvalue weighted by Gasteiger charge is 2.10. The van der Waals surface area contributed by atoms with Crippen LogP contribution >= 0.6 is 11.6 Å². The average Bonchev–Trinajstić information content (AvgIpc) is 2.68. The molecular weight excluding hydrogens is 372 g/mol. The Morgan fingerprint density at radius 2 is 1.68 bits per heavy atom. The molecule has 0 aliphatic carbocycles. The summed E-state index contributed by atoms with van der Waals surface area (Å²) in [6, 6.07) is 15.6. The van der Waals surface area contributed by atoms with Crippen LogP contribution < -0.4 is 15.8 Å². The number of H-pyrrole nitrogens is 1. The van der Waals surface area contributed by atoms with Gasteiger partial charge in [0.25, 0.3) is 5.56 Å². The first-order valence-electron chi connectivity index (χ1n) is 9.46. The van der Waals surface area contributed by atoms with Crippen molar-refractivity contribution in [2.45, 2.75) is 27.2 Å². The predicted octanol–water partition coefficient (Wildman–Crippen LogP) is 4.91. The lowest BCUT2D eigenvalue weighted by molar-refractivity contribution is 0.866. The number of halogens is 1. The van der Waals surface area contributed by atoms with Crippen molar-refractivity contribution in [3.8, 4) is 0 Å². The van der Waals surface area contributed by atoms with Gasteiger partial charge in [0.2, 0.25) is 5.95 Å². The van der Waals surface area contributed by atoms with E-state index in [1.165, 1.54) is 5.69 Å². The summed E-state index contributed by atoms with van der Waals surface area (Å²) >= 11 is 5.93. The van der Waals surface area contributed by atoms with Crippen LogP contribution in [0.5, 0.6) is 0 Å². The van der Waals surface area contributed by atoms with Gasteiger partial charge in [-0.15, -0.1) is 0 Å². The standard InChI is InChI=1S/C22H25ClN4O/c1-4-27(5-2)19-12-10-18(11-13-19)25-22-24-15(3)20(21(28)26-22)14-16-6-8-17(23)9-7-16/h6-13H,4-5,14H2,1-3H3,(H2,24,25,26,28). The highest BCUT2D eigenvalue weighted by atomic mass is 35.5. The Kier molecular flexibility index (Phi) is 6.37. The van der Waals surface area contributed by atoms with Gasteiger partial charge in [0.05, 0.1) is 5.69 Å². The minimum absolute atomic E-state index is 0.135. The van der Waals surface area contributed by atoms with Gasteiger partial charge in [-0.1, -0.05) is 23.7 Å². The van der Waals surface area contributed by atoms with E-state index in [1.54, 1.807) is 0 Å². The molecule has 1 aromatic heterocycles. The van der Waals surface area contributed by atoms with E-state index in [9.17, 15) is 4.79 Å². The van der Waals surface area contributed by atoms with Gasteiger partial charge >= 0.3 is 0 Å². The zero-order valence-corrected chi connectivity index (χ0v) is 17.2. The molecule has 28 heavy (non-hydrogen) atoms. The fourth-order valence-corrected chi connectivity index (χ4v) is 3.29. The van der Waals surface area contributed by atoms with E-state index in [4.69, 9.17) is 11.6 Å². The van der Waals surface area contributed by atoms with Crippen molar-refractivity contribution < 1.29 is 0 Å². The molecule has 6 heteroatoms. The van der Waals surface area contributed by atoms with E-state index < -0.39 is 0 Å². The number of hydrogen-bond donors (Lipinski definition) is 2. The van der Waals surface area contributed by atoms with Crippen LogP contribution in [0.1, 0.15) is 30.7 Å². The molecule has 5 nitrogen and oxygen atoms in total. The summed E-state index contributed by atoms with van der Waals surface area (Å²) in [5, 5.41) is 3.86. The normalized spacial score (nSPS) is 10.7. The molecule has 0 bridgehead atoms. The summed E-state index contributed by atoms with van der Waals surface area (Å²) in [5.74, 6) is 0.443. The van der Waals surface area contributed by atoms with Crippen molar-refractivity contribution in [2.75, 3.05) is 23.3 Å². The van der Waals surface area contributed by atoms with E-state index in [1.807, 2.05) is 43.3 Å². The maximum Gasteiger partial charge on any atom is 0.256 e. The average molecular weight is 397 g/mol. The smallest absolute Gasteiger partial charge is 0.256 e. The monoisotopic (exact) mass is 396 g/mol. The van der Waals surface area contributed by atoms with Crippen LogP contribution in [0.25, 0.3) is 0 Å². The lowest BCUT2D eigenvalue weighted by Gasteiger charge is -2.21. The third-order valence-corrected chi connectivity index (χ3v) is 5.03. The molecule has 3 aromatic rings. The van der Waals surface area contributed by atoms with Crippen molar-refractivity contribution >= 4 is 28.9 Å². The molecular formula is C22H25ClN4O. The molecule has 2 aromatic carbocycles. The third kappa shape index (κ3) is 4.73. The quantitative estimate of drug-likeness (QED) is 0.595. The molecule has 0 amide bonds. The maximum absolute atomic E-state index is 12.6. The van der Waals surface area contributed by atoms with Gasteiger partial charge in [0.15, 0.2) is 0 Å². The summed E-state index contributed by atoms with van der Waals surface area (Å²) in [7, 11) is 0. The van der Waals surface area contributed by atoms with Gasteiger partial charge in [-0.05, 0) is 62.7 Å². The number of aryl methyl sites for hydroxylation is 1. The number of nitrogens with zero attached hydrogens (tertiary/aromatic N) is 2. The highest BCUT2D eigenvalue weighted by molar-refractivity contribution is 6.30. The van der Waals surface area contributed by atoms with E-state index in [0.717, 1.165) is 24.3 Å². The number of nitrogens with one attached hydrogen (secondary N) is 2. The Hall–Kier alpha value is -2.79. The first-order valence-corrected chi connectivity index (χ1v) is 9.84. The second-order valence-corrected chi connectivity index (χ2v) is 7.06. The number of aromatic amines is 1. The largest absolute Gasteiger partial charge is 0.372 e. The minimum atomic E-state index is -0.135. The number of benzene rings is 2. The van der Waals surface area contributed by atoms with Crippen molar-refractivity contribution in [1.82, 2.24) is 9.97 Å². The van der Waals surface area contributed by atoms with Gasteiger partial charge in [0.1, 0.15) is 0 Å². The Balaban J connectivity index is 1.77. The third-order valence-electron chi connectivity index (χ3n) is 4.78. The van der Waals surface area contributed by atoms with Crippen molar-refractivity contribution in [1.29, 1.82) is 0 Å². The van der Waals surface area contributed by atoms with Gasteiger partial charge < -0.3 is 10.2 Å². The van der Waals surface area contributed by atoms with E-state index in [0.29, 0.717) is 28.6 Å². The van der Waals surface area contributed by atoms with Gasteiger partial charge in [0, 0.05) is 41.5 Å². The summed E-state index contributed by atoms with van der Waals surface area (Å²) < 4.78 is 0. The first kappa shape index (κ1) is 20.0. The van der Waals surface area contributed by atoms with Gasteiger partial charge in [-0.2, -0.15) is 0 Å². The fraction of sp³-hybridized carbons (Fsp3) is 0.273. The second-order valence-electron chi connectivity index (χ2n) is 6.63. The molecule has 0 radical (unpaired) electrons. The van der Waals surface area contributed by atoms with Crippen LogP contribution in [0, 0.1) is 6.92 Å². The number of anilines is 3. The Labute approximate surface area is 170 Å². The molecule has 0 aliphatic rings. The van der Waals surface area contributed by atoms with E-state index in [-0.39, 0.29) is 5.56 Å². The minimum Gasteiger partial charge on any atom is -0.372 e. The molecule has 2 N–H and O–H groups in total. The molecule has 0 atom stereocenters. The molecule has 146 valence electrons. The van der Waals surface area contributed by atoms with Crippen molar-refractivity contribution in [3.63, 3.8) is 0 Å². The summed E-state index contributed by atoms with van der Waals surface area (Å²) in [6.07, 6.45) is 0.518. The zero-order chi connectivity index (χ0) is 20.1. The predicted molar refractivity (Wildman–Crippen MR) is 117 cm³/mol. The molecule has 1 heterocycles. The lowest BCUT2D eigenvalue weighted by Crippen LogP contribution is -2.21. The Morgan fingerprint density at radius 1 is 1.04 bits per heavy atom. The molecule has 0 fully saturated rings. The molecule has 0 saturated heterocycles. The van der Waals surface area contributed by atoms with Gasteiger partial charge in [-0.3, -0.25) is 9.78 Å². The molecule has 0 saturated carbocycles. The molecule has 3 rings (SSSR count). The summed E-state index contributed by atoms with van der Waals surface area (Å²) in [4.78, 5) is 22.2. The second kappa shape index (κ2) is 8.93. The van der Waals surface area contributed by atoms with Gasteiger partial charge in [-0.25, -0.2) is 4.98 Å². The van der Waals surface area contributed by atoms with Crippen LogP contribution in [0.2, 0.25) is 5.02 Å². The van der Waals surface area contributed by atoms with Crippen LogP contribution in [0.15, 0.2) is 53.3 Å². The van der Waals surface area contributed by atoms with E-state index >= 15 is 0 Å². The maximum atomic E-state index is 12.6. The number of aromatic nitrogens is 2. The topological polar surface area (TPSA) is 61.0 Å². The number of rotatable bonds is 7. The summed E-state index contributed by atoms with van der Waals surface area (Å²) in [6.45, 7) is 8.06. The van der Waals surface area contributed by atoms with Crippen LogP contribution in [-0.2, 0) is 6.42 Å². The van der Waals surface area contributed by atoms with Crippen molar-refractivity contribution in [3.05, 3.63) is 80.7 Å². The lowest BCUT2D eigenvalue weighted by atomic mass is 10.1. The molecule has 0 spiro atoms. The first-order chi connectivity index (χ1) is 13.5.